The largest absolute Gasteiger partial charge is 0.377 e. The first-order valence-electron chi connectivity index (χ1n) is 6.96. The van der Waals surface area contributed by atoms with Crippen molar-refractivity contribution in [3.05, 3.63) is 35.9 Å². The Morgan fingerprint density at radius 3 is 2.75 bits per heavy atom. The van der Waals surface area contributed by atoms with Gasteiger partial charge in [-0.25, -0.2) is 0 Å². The Kier molecular flexibility index (Phi) is 5.46. The predicted molar refractivity (Wildman–Crippen MR) is 82.4 cm³/mol. The smallest absolute Gasteiger partial charge is 0.242 e. The molecule has 0 bridgehead atoms. The van der Waals surface area contributed by atoms with Crippen LogP contribution in [0.1, 0.15) is 24.8 Å². The van der Waals surface area contributed by atoms with E-state index in [0.717, 1.165) is 36.5 Å². The molecule has 1 aliphatic heterocycles. The molecule has 0 saturated carbocycles. The van der Waals surface area contributed by atoms with Crippen molar-refractivity contribution in [2.24, 2.45) is 11.5 Å². The quantitative estimate of drug-likeness (QED) is 0.749. The molecule has 0 aromatic heterocycles. The number of nitrogens with two attached hydrogens (primary N) is 2. The third-order valence-electron chi connectivity index (χ3n) is 3.70. The fraction of sp³-hybridized carbons (Fsp3) is 0.533. The van der Waals surface area contributed by atoms with E-state index in [1.165, 1.54) is 0 Å². The van der Waals surface area contributed by atoms with Crippen molar-refractivity contribution in [2.75, 3.05) is 18.1 Å². The molecule has 0 aliphatic carbocycles. The maximum atomic E-state index is 11.7. The van der Waals surface area contributed by atoms with Gasteiger partial charge in [0.2, 0.25) is 5.91 Å². The van der Waals surface area contributed by atoms with Crippen LogP contribution in [0.3, 0.4) is 0 Å². The zero-order valence-electron chi connectivity index (χ0n) is 11.6. The number of rotatable bonds is 7. The van der Waals surface area contributed by atoms with Crippen molar-refractivity contribution in [2.45, 2.75) is 30.9 Å². The van der Waals surface area contributed by atoms with Gasteiger partial charge < -0.3 is 16.2 Å². The molecule has 1 amide bonds. The Balaban J connectivity index is 1.87. The van der Waals surface area contributed by atoms with Gasteiger partial charge in [0.15, 0.2) is 0 Å². The lowest BCUT2D eigenvalue weighted by molar-refractivity contribution is -0.123. The third kappa shape index (κ3) is 3.75. The number of primary amides is 1. The van der Waals surface area contributed by atoms with E-state index in [9.17, 15) is 4.79 Å². The number of amides is 1. The van der Waals surface area contributed by atoms with Gasteiger partial charge in [-0.2, -0.15) is 11.8 Å². The van der Waals surface area contributed by atoms with Gasteiger partial charge in [-0.15, -0.1) is 0 Å². The zero-order valence-corrected chi connectivity index (χ0v) is 12.4. The summed E-state index contributed by atoms with van der Waals surface area (Å²) in [6.07, 6.45) is 3.19. The van der Waals surface area contributed by atoms with Crippen molar-refractivity contribution < 1.29 is 9.53 Å². The summed E-state index contributed by atoms with van der Waals surface area (Å²) >= 11 is 1.78. The lowest BCUT2D eigenvalue weighted by atomic mass is 9.88. The Morgan fingerprint density at radius 1 is 1.40 bits per heavy atom. The molecule has 2 unspecified atom stereocenters. The summed E-state index contributed by atoms with van der Waals surface area (Å²) in [5, 5.41) is 0. The van der Waals surface area contributed by atoms with Gasteiger partial charge in [0, 0.05) is 12.4 Å². The van der Waals surface area contributed by atoms with Crippen LogP contribution >= 0.6 is 11.8 Å². The highest BCUT2D eigenvalue weighted by atomic mass is 32.2. The molecule has 1 aromatic carbocycles. The van der Waals surface area contributed by atoms with E-state index >= 15 is 0 Å². The Morgan fingerprint density at radius 2 is 2.15 bits per heavy atom. The molecule has 1 saturated heterocycles. The second-order valence-corrected chi connectivity index (χ2v) is 6.31. The van der Waals surface area contributed by atoms with Crippen molar-refractivity contribution in [1.29, 1.82) is 0 Å². The molecule has 4 nitrogen and oxygen atoms in total. The minimum atomic E-state index is -1.08. The van der Waals surface area contributed by atoms with Crippen LogP contribution in [0, 0.1) is 0 Å². The highest BCUT2D eigenvalue weighted by Crippen LogP contribution is 2.25. The van der Waals surface area contributed by atoms with E-state index in [2.05, 4.69) is 0 Å². The fourth-order valence-corrected chi connectivity index (χ4v) is 3.53. The highest BCUT2D eigenvalue weighted by Gasteiger charge is 2.33. The summed E-state index contributed by atoms with van der Waals surface area (Å²) in [7, 11) is 0. The molecule has 20 heavy (non-hydrogen) atoms. The summed E-state index contributed by atoms with van der Waals surface area (Å²) in [5.74, 6) is 1.29. The lowest BCUT2D eigenvalue weighted by Gasteiger charge is -2.26. The van der Waals surface area contributed by atoms with Crippen molar-refractivity contribution in [1.82, 2.24) is 0 Å². The molecule has 2 atom stereocenters. The molecule has 0 spiro atoms. The van der Waals surface area contributed by atoms with Gasteiger partial charge in [-0.3, -0.25) is 4.79 Å². The number of thioether (sulfide) groups is 1. The summed E-state index contributed by atoms with van der Waals surface area (Å²) in [4.78, 5) is 11.7. The first kappa shape index (κ1) is 15.4. The van der Waals surface area contributed by atoms with Crippen LogP contribution in [0.2, 0.25) is 0 Å². The molecule has 1 aromatic rings. The normalized spacial score (nSPS) is 21.6. The Bertz CT molecular complexity index is 435. The second kappa shape index (κ2) is 7.11. The number of benzene rings is 1. The minimum Gasteiger partial charge on any atom is -0.377 e. The summed E-state index contributed by atoms with van der Waals surface area (Å²) < 4.78 is 5.57. The van der Waals surface area contributed by atoms with Crippen LogP contribution in [-0.2, 0) is 15.1 Å². The number of carbonyl (C=O) groups excluding carboxylic acids is 1. The number of ether oxygens (including phenoxy) is 1. The molecule has 1 fully saturated rings. The number of hydrogen-bond donors (Lipinski definition) is 2. The van der Waals surface area contributed by atoms with Gasteiger partial charge in [0.05, 0.1) is 6.10 Å². The first-order valence-corrected chi connectivity index (χ1v) is 8.12. The average Bonchev–Trinajstić information content (AvgIpc) is 2.97. The fourth-order valence-electron chi connectivity index (χ4n) is 2.37. The maximum Gasteiger partial charge on any atom is 0.242 e. The van der Waals surface area contributed by atoms with E-state index in [4.69, 9.17) is 16.2 Å². The molecule has 0 radical (unpaired) electrons. The SMILES string of the molecule is NC(=O)C(N)(CCSCC1CCCO1)c1ccccc1. The van der Waals surface area contributed by atoms with E-state index in [1.54, 1.807) is 11.8 Å². The van der Waals surface area contributed by atoms with Crippen LogP contribution in [-0.4, -0.2) is 30.1 Å². The zero-order chi connectivity index (χ0) is 14.4. The first-order chi connectivity index (χ1) is 9.63. The predicted octanol–water partition coefficient (Wildman–Crippen LogP) is 1.63. The van der Waals surface area contributed by atoms with E-state index in [0.29, 0.717) is 12.5 Å². The molecule has 1 heterocycles. The summed E-state index contributed by atoms with van der Waals surface area (Å²) in [5.41, 5.74) is 11.5. The van der Waals surface area contributed by atoms with Crippen molar-refractivity contribution in [3.8, 4) is 0 Å². The second-order valence-electron chi connectivity index (χ2n) is 5.16. The molecule has 5 heteroatoms. The van der Waals surface area contributed by atoms with Crippen LogP contribution in [0.15, 0.2) is 30.3 Å². The van der Waals surface area contributed by atoms with Crippen LogP contribution in [0.5, 0.6) is 0 Å². The maximum absolute atomic E-state index is 11.7. The number of hydrogen-bond acceptors (Lipinski definition) is 4. The van der Waals surface area contributed by atoms with E-state index in [-0.39, 0.29) is 0 Å². The highest BCUT2D eigenvalue weighted by molar-refractivity contribution is 7.99. The molecular weight excluding hydrogens is 272 g/mol. The van der Waals surface area contributed by atoms with Crippen LogP contribution in [0.25, 0.3) is 0 Å². The summed E-state index contributed by atoms with van der Waals surface area (Å²) in [6.45, 7) is 0.872. The van der Waals surface area contributed by atoms with Gasteiger partial charge in [-0.1, -0.05) is 30.3 Å². The van der Waals surface area contributed by atoms with E-state index in [1.807, 2.05) is 30.3 Å². The lowest BCUT2D eigenvalue weighted by Crippen LogP contribution is -2.49. The molecular formula is C15H22N2O2S. The average molecular weight is 294 g/mol. The molecule has 4 N–H and O–H groups in total. The van der Waals surface area contributed by atoms with Gasteiger partial charge in [-0.05, 0) is 30.6 Å². The Hall–Kier alpha value is -1.04. The van der Waals surface area contributed by atoms with Crippen molar-refractivity contribution >= 4 is 17.7 Å². The van der Waals surface area contributed by atoms with Gasteiger partial charge in [0.1, 0.15) is 5.54 Å². The molecule has 1 aliphatic rings. The standard InChI is InChI=1S/C15H22N2O2S/c16-14(18)15(17,12-5-2-1-3-6-12)8-10-20-11-13-7-4-9-19-13/h1-3,5-6,13H,4,7-11,17H2,(H2,16,18). The monoisotopic (exact) mass is 294 g/mol. The molecule has 110 valence electrons. The number of carbonyl (C=O) groups is 1. The third-order valence-corrected chi connectivity index (χ3v) is 4.80. The van der Waals surface area contributed by atoms with Gasteiger partial charge in [0.25, 0.3) is 0 Å². The van der Waals surface area contributed by atoms with Crippen LogP contribution < -0.4 is 11.5 Å². The molecule has 2 rings (SSSR count). The minimum absolute atomic E-state index is 0.359. The Labute approximate surface area is 124 Å². The van der Waals surface area contributed by atoms with Crippen molar-refractivity contribution in [3.63, 3.8) is 0 Å². The van der Waals surface area contributed by atoms with Gasteiger partial charge >= 0.3 is 0 Å². The summed E-state index contributed by atoms with van der Waals surface area (Å²) in [6, 6.07) is 9.36. The topological polar surface area (TPSA) is 78.3 Å². The van der Waals surface area contributed by atoms with Crippen LogP contribution in [0.4, 0.5) is 0 Å². The van der Waals surface area contributed by atoms with E-state index < -0.39 is 11.4 Å².